The Morgan fingerprint density at radius 3 is 2.62 bits per heavy atom. The van der Waals surface area contributed by atoms with Gasteiger partial charge < -0.3 is 19.9 Å². The summed E-state index contributed by atoms with van der Waals surface area (Å²) in [7, 11) is 0. The van der Waals surface area contributed by atoms with E-state index in [2.05, 4.69) is 20.2 Å². The predicted octanol–water partition coefficient (Wildman–Crippen LogP) is 5.79. The third kappa shape index (κ3) is 4.83. The van der Waals surface area contributed by atoms with E-state index in [9.17, 15) is 4.79 Å². The molecule has 1 fully saturated rings. The highest BCUT2D eigenvalue weighted by atomic mass is 35.5. The number of hydrogen-bond acceptors (Lipinski definition) is 4. The number of anilines is 2. The van der Waals surface area contributed by atoms with Crippen LogP contribution >= 0.6 is 11.6 Å². The number of aryl methyl sites for hydroxylation is 1. The lowest BCUT2D eigenvalue weighted by atomic mass is 10.1. The molecule has 3 aromatic carbocycles. The molecule has 7 heteroatoms. The van der Waals surface area contributed by atoms with Crippen LogP contribution in [0.2, 0.25) is 5.02 Å². The van der Waals surface area contributed by atoms with Crippen LogP contribution in [0.5, 0.6) is 0 Å². The molecule has 6 nitrogen and oxygen atoms in total. The summed E-state index contributed by atoms with van der Waals surface area (Å²) >= 11 is 6.13. The van der Waals surface area contributed by atoms with Gasteiger partial charge in [0.1, 0.15) is 5.82 Å². The first-order valence-corrected chi connectivity index (χ1v) is 11.6. The maximum absolute atomic E-state index is 12.9. The highest BCUT2D eigenvalue weighted by molar-refractivity contribution is 6.30. The lowest BCUT2D eigenvalue weighted by Crippen LogP contribution is -2.36. The maximum atomic E-state index is 12.9. The molecule has 5 rings (SSSR count). The minimum absolute atomic E-state index is 0.151. The molecule has 1 aromatic heterocycles. The number of aromatic amines is 1. The van der Waals surface area contributed by atoms with Gasteiger partial charge in [0.05, 0.1) is 25.1 Å². The zero-order valence-corrected chi connectivity index (χ0v) is 19.6. The second-order valence-corrected chi connectivity index (χ2v) is 8.72. The van der Waals surface area contributed by atoms with Gasteiger partial charge in [-0.05, 0) is 61.0 Å². The van der Waals surface area contributed by atoms with Crippen molar-refractivity contribution in [3.05, 3.63) is 89.1 Å². The van der Waals surface area contributed by atoms with E-state index in [4.69, 9.17) is 16.3 Å². The first-order valence-electron chi connectivity index (χ1n) is 11.2. The average molecular weight is 473 g/mol. The Bertz CT molecular complexity index is 1310. The Morgan fingerprint density at radius 1 is 1.06 bits per heavy atom. The molecule has 1 amide bonds. The van der Waals surface area contributed by atoms with Gasteiger partial charge in [0.25, 0.3) is 5.91 Å². The molecule has 0 spiro atoms. The highest BCUT2D eigenvalue weighted by Crippen LogP contribution is 2.28. The van der Waals surface area contributed by atoms with Crippen molar-refractivity contribution in [2.45, 2.75) is 6.92 Å². The number of H-pyrrole nitrogens is 1. The summed E-state index contributed by atoms with van der Waals surface area (Å²) in [5.41, 5.74) is 6.25. The molecule has 172 valence electrons. The van der Waals surface area contributed by atoms with Crippen LogP contribution in [-0.4, -0.2) is 42.2 Å². The van der Waals surface area contributed by atoms with E-state index < -0.39 is 0 Å². The molecular formula is C27H25ClN4O2. The number of morpholine rings is 1. The Labute approximate surface area is 203 Å². The molecule has 34 heavy (non-hydrogen) atoms. The van der Waals surface area contributed by atoms with Gasteiger partial charge in [-0.2, -0.15) is 0 Å². The van der Waals surface area contributed by atoms with Gasteiger partial charge in [0, 0.05) is 46.2 Å². The summed E-state index contributed by atoms with van der Waals surface area (Å²) in [4.78, 5) is 23.1. The SMILES string of the molecule is Cc1ccc(NC(=O)c2ccc(N3CCOCC3)cc2)cc1-c1ncc(-c2cccc(Cl)c2)[nH]1. The first-order chi connectivity index (χ1) is 16.6. The van der Waals surface area contributed by atoms with Crippen LogP contribution in [-0.2, 0) is 4.74 Å². The molecule has 0 unspecified atom stereocenters. The number of ether oxygens (including phenoxy) is 1. The van der Waals surface area contributed by atoms with Gasteiger partial charge >= 0.3 is 0 Å². The fraction of sp³-hybridized carbons (Fsp3) is 0.185. The molecule has 1 aliphatic rings. The summed E-state index contributed by atoms with van der Waals surface area (Å²) < 4.78 is 5.41. The van der Waals surface area contributed by atoms with E-state index >= 15 is 0 Å². The molecule has 0 aliphatic carbocycles. The van der Waals surface area contributed by atoms with Crippen LogP contribution in [0.4, 0.5) is 11.4 Å². The largest absolute Gasteiger partial charge is 0.378 e. The molecule has 0 bridgehead atoms. The van der Waals surface area contributed by atoms with Crippen molar-refractivity contribution in [1.29, 1.82) is 0 Å². The number of benzene rings is 3. The maximum Gasteiger partial charge on any atom is 0.255 e. The number of hydrogen-bond donors (Lipinski definition) is 2. The number of amides is 1. The Balaban J connectivity index is 1.32. The number of rotatable bonds is 5. The van der Waals surface area contributed by atoms with Gasteiger partial charge in [0.2, 0.25) is 0 Å². The third-order valence-electron chi connectivity index (χ3n) is 5.97. The fourth-order valence-electron chi connectivity index (χ4n) is 4.06. The van der Waals surface area contributed by atoms with Crippen molar-refractivity contribution >= 4 is 28.9 Å². The van der Waals surface area contributed by atoms with E-state index in [-0.39, 0.29) is 5.91 Å². The smallest absolute Gasteiger partial charge is 0.255 e. The van der Waals surface area contributed by atoms with Crippen LogP contribution in [0, 0.1) is 6.92 Å². The molecule has 0 atom stereocenters. The lowest BCUT2D eigenvalue weighted by molar-refractivity contribution is 0.102. The molecule has 0 saturated carbocycles. The van der Waals surface area contributed by atoms with Crippen LogP contribution in [0.15, 0.2) is 72.9 Å². The van der Waals surface area contributed by atoms with Gasteiger partial charge in [-0.1, -0.05) is 29.8 Å². The van der Waals surface area contributed by atoms with Crippen molar-refractivity contribution in [3.63, 3.8) is 0 Å². The molecule has 2 heterocycles. The van der Waals surface area contributed by atoms with Gasteiger partial charge in [-0.15, -0.1) is 0 Å². The lowest BCUT2D eigenvalue weighted by Gasteiger charge is -2.28. The van der Waals surface area contributed by atoms with E-state index in [0.717, 1.165) is 60.2 Å². The zero-order valence-electron chi connectivity index (χ0n) is 18.8. The molecular weight excluding hydrogens is 448 g/mol. The Morgan fingerprint density at radius 2 is 1.85 bits per heavy atom. The standard InChI is InChI=1S/C27H25ClN4O2/c1-18-5-8-22(16-24(18)26-29-17-25(31-26)20-3-2-4-21(28)15-20)30-27(33)19-6-9-23(10-7-19)32-11-13-34-14-12-32/h2-10,15-17H,11-14H2,1H3,(H,29,31)(H,30,33). The summed E-state index contributed by atoms with van der Waals surface area (Å²) in [6.45, 7) is 5.21. The highest BCUT2D eigenvalue weighted by Gasteiger charge is 2.14. The van der Waals surface area contributed by atoms with Crippen LogP contribution in [0.1, 0.15) is 15.9 Å². The molecule has 4 aromatic rings. The average Bonchev–Trinajstić information content (AvgIpc) is 3.36. The number of halogens is 1. The quantitative estimate of drug-likeness (QED) is 0.385. The van der Waals surface area contributed by atoms with Gasteiger partial charge in [-0.25, -0.2) is 4.98 Å². The summed E-state index contributed by atoms with van der Waals surface area (Å²) in [5, 5.41) is 3.68. The van der Waals surface area contributed by atoms with E-state index in [1.54, 1.807) is 6.20 Å². The van der Waals surface area contributed by atoms with Crippen molar-refractivity contribution in [3.8, 4) is 22.6 Å². The third-order valence-corrected chi connectivity index (χ3v) is 6.20. The Kier molecular flexibility index (Phi) is 6.34. The minimum Gasteiger partial charge on any atom is -0.378 e. The summed E-state index contributed by atoms with van der Waals surface area (Å²) in [5.74, 6) is 0.584. The molecule has 1 aliphatic heterocycles. The van der Waals surface area contributed by atoms with E-state index in [0.29, 0.717) is 16.3 Å². The van der Waals surface area contributed by atoms with Crippen molar-refractivity contribution in [2.75, 3.05) is 36.5 Å². The second-order valence-electron chi connectivity index (χ2n) is 8.29. The summed E-state index contributed by atoms with van der Waals surface area (Å²) in [6.07, 6.45) is 1.79. The van der Waals surface area contributed by atoms with Crippen LogP contribution < -0.4 is 10.2 Å². The topological polar surface area (TPSA) is 70.2 Å². The minimum atomic E-state index is -0.151. The van der Waals surface area contributed by atoms with Crippen LogP contribution in [0.3, 0.4) is 0 Å². The number of carbonyl (C=O) groups is 1. The van der Waals surface area contributed by atoms with E-state index in [1.807, 2.05) is 73.7 Å². The predicted molar refractivity (Wildman–Crippen MR) is 137 cm³/mol. The summed E-state index contributed by atoms with van der Waals surface area (Å²) in [6, 6.07) is 21.1. The monoisotopic (exact) mass is 472 g/mol. The molecule has 0 radical (unpaired) electrons. The number of nitrogens with one attached hydrogen (secondary N) is 2. The normalized spacial score (nSPS) is 13.6. The van der Waals surface area contributed by atoms with Crippen molar-refractivity contribution < 1.29 is 9.53 Å². The fourth-order valence-corrected chi connectivity index (χ4v) is 4.25. The van der Waals surface area contributed by atoms with Gasteiger partial charge in [-0.3, -0.25) is 4.79 Å². The van der Waals surface area contributed by atoms with E-state index in [1.165, 1.54) is 0 Å². The first kappa shape index (κ1) is 22.2. The number of aromatic nitrogens is 2. The Hall–Kier alpha value is -3.61. The molecule has 1 saturated heterocycles. The second kappa shape index (κ2) is 9.71. The number of imidazole rings is 1. The van der Waals surface area contributed by atoms with Crippen LogP contribution in [0.25, 0.3) is 22.6 Å². The number of nitrogens with zero attached hydrogens (tertiary/aromatic N) is 2. The number of carbonyl (C=O) groups excluding carboxylic acids is 1. The van der Waals surface area contributed by atoms with Crippen molar-refractivity contribution in [1.82, 2.24) is 9.97 Å². The van der Waals surface area contributed by atoms with Crippen molar-refractivity contribution in [2.24, 2.45) is 0 Å². The van der Waals surface area contributed by atoms with Gasteiger partial charge in [0.15, 0.2) is 0 Å². The zero-order chi connectivity index (χ0) is 23.5. The molecule has 2 N–H and O–H groups in total.